The Bertz CT molecular complexity index is 188. The maximum Gasteiger partial charge on any atom is 0.0175 e. The highest BCUT2D eigenvalue weighted by Crippen LogP contribution is 2.27. The molecule has 0 aromatic heterocycles. The third kappa shape index (κ3) is 9.49. The van der Waals surface area contributed by atoms with Crippen LogP contribution in [0.2, 0.25) is 0 Å². The Morgan fingerprint density at radius 3 is 1.47 bits per heavy atom. The molecule has 0 fully saturated rings. The number of hydrogen-bond donors (Lipinski definition) is 0. The first-order valence-electron chi connectivity index (χ1n) is 8.74. The fourth-order valence-electron chi connectivity index (χ4n) is 2.79. The molecule has 0 radical (unpaired) electrons. The van der Waals surface area contributed by atoms with Crippen LogP contribution in [0.3, 0.4) is 0 Å². The van der Waals surface area contributed by atoms with Gasteiger partial charge in [0.15, 0.2) is 0 Å². The fraction of sp³-hybridized carbons (Fsp3) is 1.00. The van der Waals surface area contributed by atoms with E-state index in [1.54, 1.807) is 0 Å². The molecule has 1 atom stereocenters. The highest BCUT2D eigenvalue weighted by Gasteiger charge is 2.25. The first kappa shape index (κ1) is 19.0. The minimum absolute atomic E-state index is 0.429. The molecule has 19 heavy (non-hydrogen) atoms. The van der Waals surface area contributed by atoms with E-state index in [2.05, 4.69) is 39.8 Å². The first-order chi connectivity index (χ1) is 9.06. The quantitative estimate of drug-likeness (QED) is 0.369. The van der Waals surface area contributed by atoms with E-state index in [0.29, 0.717) is 5.54 Å². The molecule has 0 aromatic rings. The van der Waals surface area contributed by atoms with Gasteiger partial charge in [0.05, 0.1) is 0 Å². The Hall–Kier alpha value is -0.0400. The lowest BCUT2D eigenvalue weighted by Crippen LogP contribution is -2.41. The van der Waals surface area contributed by atoms with E-state index in [4.69, 9.17) is 0 Å². The number of nitrogens with zero attached hydrogens (tertiary/aromatic N) is 1. The molecule has 0 amide bonds. The molecule has 1 heteroatoms. The normalized spacial score (nSPS) is 14.8. The summed E-state index contributed by atoms with van der Waals surface area (Å²) in [5.41, 5.74) is 0.429. The zero-order valence-electron chi connectivity index (χ0n) is 14.4. The monoisotopic (exact) mass is 269 g/mol. The topological polar surface area (TPSA) is 3.24 Å². The van der Waals surface area contributed by atoms with Crippen LogP contribution in [0.5, 0.6) is 0 Å². The van der Waals surface area contributed by atoms with Gasteiger partial charge < -0.3 is 4.90 Å². The largest absolute Gasteiger partial charge is 0.304 e. The van der Waals surface area contributed by atoms with Gasteiger partial charge >= 0.3 is 0 Å². The molecule has 0 saturated heterocycles. The van der Waals surface area contributed by atoms with E-state index in [1.807, 2.05) is 0 Å². The van der Waals surface area contributed by atoms with Crippen molar-refractivity contribution < 1.29 is 0 Å². The van der Waals surface area contributed by atoms with Crippen molar-refractivity contribution in [2.24, 2.45) is 0 Å². The lowest BCUT2D eigenvalue weighted by Gasteiger charge is -2.37. The molecule has 0 rings (SSSR count). The van der Waals surface area contributed by atoms with Gasteiger partial charge in [-0.2, -0.15) is 0 Å². The van der Waals surface area contributed by atoms with Gasteiger partial charge in [0, 0.05) is 5.54 Å². The van der Waals surface area contributed by atoms with E-state index in [0.717, 1.165) is 0 Å². The van der Waals surface area contributed by atoms with Gasteiger partial charge in [-0.25, -0.2) is 0 Å². The van der Waals surface area contributed by atoms with Crippen molar-refractivity contribution in [2.45, 2.75) is 103 Å². The molecule has 0 aliphatic heterocycles. The summed E-state index contributed by atoms with van der Waals surface area (Å²) in [6.07, 6.45) is 16.8. The second kappa shape index (κ2) is 11.8. The molecule has 0 heterocycles. The Labute approximate surface area is 123 Å². The van der Waals surface area contributed by atoms with Crippen LogP contribution in [0.1, 0.15) is 97.8 Å². The van der Waals surface area contributed by atoms with Crippen LogP contribution in [-0.2, 0) is 0 Å². The summed E-state index contributed by atoms with van der Waals surface area (Å²) in [5, 5.41) is 0. The van der Waals surface area contributed by atoms with Gasteiger partial charge in [-0.15, -0.1) is 0 Å². The van der Waals surface area contributed by atoms with Gasteiger partial charge in [-0.3, -0.25) is 0 Å². The summed E-state index contributed by atoms with van der Waals surface area (Å²) in [5.74, 6) is 0. The summed E-state index contributed by atoms with van der Waals surface area (Å²) < 4.78 is 0. The third-order valence-electron chi connectivity index (χ3n) is 4.72. The van der Waals surface area contributed by atoms with Crippen LogP contribution < -0.4 is 0 Å². The molecule has 0 bridgehead atoms. The average Bonchev–Trinajstić information content (AvgIpc) is 2.38. The Kier molecular flexibility index (Phi) is 11.7. The molecule has 0 aliphatic carbocycles. The predicted molar refractivity (Wildman–Crippen MR) is 88.8 cm³/mol. The molecule has 0 aliphatic rings. The molecule has 0 N–H and O–H groups in total. The maximum absolute atomic E-state index is 2.46. The summed E-state index contributed by atoms with van der Waals surface area (Å²) in [6.45, 7) is 7.04. The van der Waals surface area contributed by atoms with E-state index in [9.17, 15) is 0 Å². The van der Waals surface area contributed by atoms with Crippen LogP contribution in [0.4, 0.5) is 0 Å². The molecule has 1 unspecified atom stereocenters. The van der Waals surface area contributed by atoms with Crippen molar-refractivity contribution in [3.05, 3.63) is 0 Å². The molecule has 0 spiro atoms. The molecule has 0 saturated carbocycles. The molecule has 1 nitrogen and oxygen atoms in total. The Morgan fingerprint density at radius 1 is 0.632 bits per heavy atom. The number of hydrogen-bond acceptors (Lipinski definition) is 1. The van der Waals surface area contributed by atoms with E-state index < -0.39 is 0 Å². The van der Waals surface area contributed by atoms with Crippen molar-refractivity contribution in [3.8, 4) is 0 Å². The third-order valence-corrected chi connectivity index (χ3v) is 4.72. The predicted octanol–water partition coefficient (Wildman–Crippen LogP) is 6.03. The first-order valence-corrected chi connectivity index (χ1v) is 8.74. The van der Waals surface area contributed by atoms with Crippen molar-refractivity contribution in [1.29, 1.82) is 0 Å². The van der Waals surface area contributed by atoms with Gasteiger partial charge in [0.25, 0.3) is 0 Å². The standard InChI is InChI=1S/C18H39N/c1-6-8-10-11-12-13-15-17-18(3,19(4)5)16-14-9-7-2/h6-17H2,1-5H3. The van der Waals surface area contributed by atoms with E-state index in [-0.39, 0.29) is 0 Å². The van der Waals surface area contributed by atoms with Crippen LogP contribution in [-0.4, -0.2) is 24.5 Å². The van der Waals surface area contributed by atoms with Crippen molar-refractivity contribution in [3.63, 3.8) is 0 Å². The van der Waals surface area contributed by atoms with Crippen molar-refractivity contribution >= 4 is 0 Å². The van der Waals surface area contributed by atoms with Crippen LogP contribution in [0, 0.1) is 0 Å². The van der Waals surface area contributed by atoms with Crippen molar-refractivity contribution in [2.75, 3.05) is 14.1 Å². The number of rotatable bonds is 13. The zero-order valence-corrected chi connectivity index (χ0v) is 14.4. The maximum atomic E-state index is 2.46. The number of unbranched alkanes of at least 4 members (excludes halogenated alkanes) is 8. The minimum atomic E-state index is 0.429. The second-order valence-corrected chi connectivity index (χ2v) is 6.72. The molecule has 116 valence electrons. The lowest BCUT2D eigenvalue weighted by atomic mass is 9.87. The Balaban J connectivity index is 3.75. The molecular formula is C18H39N. The minimum Gasteiger partial charge on any atom is -0.304 e. The molecular weight excluding hydrogens is 230 g/mol. The van der Waals surface area contributed by atoms with Gasteiger partial charge in [0.1, 0.15) is 0 Å². The second-order valence-electron chi connectivity index (χ2n) is 6.72. The highest BCUT2D eigenvalue weighted by molar-refractivity contribution is 4.82. The van der Waals surface area contributed by atoms with Gasteiger partial charge in [-0.05, 0) is 33.9 Å². The van der Waals surface area contributed by atoms with E-state index >= 15 is 0 Å². The fourth-order valence-corrected chi connectivity index (χ4v) is 2.79. The SMILES string of the molecule is CCCCCCCCCC(C)(CCCCC)N(C)C. The average molecular weight is 270 g/mol. The van der Waals surface area contributed by atoms with Gasteiger partial charge in [0.2, 0.25) is 0 Å². The van der Waals surface area contributed by atoms with Crippen LogP contribution in [0.15, 0.2) is 0 Å². The summed E-state index contributed by atoms with van der Waals surface area (Å²) >= 11 is 0. The van der Waals surface area contributed by atoms with Crippen molar-refractivity contribution in [1.82, 2.24) is 4.90 Å². The lowest BCUT2D eigenvalue weighted by molar-refractivity contribution is 0.139. The highest BCUT2D eigenvalue weighted by atomic mass is 15.1. The molecule has 0 aromatic carbocycles. The zero-order chi connectivity index (χ0) is 14.6. The van der Waals surface area contributed by atoms with Crippen LogP contribution >= 0.6 is 0 Å². The summed E-state index contributed by atoms with van der Waals surface area (Å²) in [7, 11) is 4.51. The van der Waals surface area contributed by atoms with Gasteiger partial charge in [-0.1, -0.05) is 78.1 Å². The van der Waals surface area contributed by atoms with Crippen LogP contribution in [0.25, 0.3) is 0 Å². The summed E-state index contributed by atoms with van der Waals surface area (Å²) in [6, 6.07) is 0. The smallest absolute Gasteiger partial charge is 0.0175 e. The Morgan fingerprint density at radius 2 is 1.00 bits per heavy atom. The summed E-state index contributed by atoms with van der Waals surface area (Å²) in [4.78, 5) is 2.46. The van der Waals surface area contributed by atoms with E-state index in [1.165, 1.54) is 77.0 Å².